The van der Waals surface area contributed by atoms with Gasteiger partial charge < -0.3 is 11.0 Å². The average Bonchev–Trinajstić information content (AvgIpc) is 1.90. The average molecular weight is 136 g/mol. The number of hydrogen-bond acceptors (Lipinski definition) is 2. The van der Waals surface area contributed by atoms with Crippen LogP contribution in [0.4, 0.5) is 0 Å². The Morgan fingerprint density at radius 3 is 1.80 bits per heavy atom. The zero-order chi connectivity index (χ0) is 5.82. The summed E-state index contributed by atoms with van der Waals surface area (Å²) in [5.74, 6) is 0. The molecular formula is C7H9BO2. The topological polar surface area (TPSA) is 60.0 Å². The molecule has 0 aromatic heterocycles. The molecule has 10 heavy (non-hydrogen) atoms. The first-order valence-electron chi connectivity index (χ1n) is 2.67. The summed E-state index contributed by atoms with van der Waals surface area (Å²) in [7, 11) is 5.35. The van der Waals surface area contributed by atoms with Gasteiger partial charge in [-0.25, -0.2) is 0 Å². The van der Waals surface area contributed by atoms with Crippen LogP contribution in [0.25, 0.3) is 0 Å². The van der Waals surface area contributed by atoms with Crippen LogP contribution in [-0.4, -0.2) is 18.8 Å². The molecule has 1 aromatic rings. The number of hydrogen-bond donors (Lipinski definition) is 0. The van der Waals surface area contributed by atoms with E-state index in [2.05, 4.69) is 0 Å². The number of rotatable bonds is 1. The zero-order valence-corrected chi connectivity index (χ0v) is 5.57. The van der Waals surface area contributed by atoms with E-state index in [0.717, 1.165) is 0 Å². The zero-order valence-electron chi connectivity index (χ0n) is 5.57. The summed E-state index contributed by atoms with van der Waals surface area (Å²) < 4.78 is 0. The first kappa shape index (κ1) is 11.9. The molecule has 0 fully saturated rings. The van der Waals surface area contributed by atoms with Crippen LogP contribution in [0, 0.1) is 0 Å². The van der Waals surface area contributed by atoms with Crippen molar-refractivity contribution in [1.29, 1.82) is 0 Å². The van der Waals surface area contributed by atoms with Crippen molar-refractivity contribution in [2.75, 3.05) is 0 Å². The van der Waals surface area contributed by atoms with Crippen molar-refractivity contribution in [3.05, 3.63) is 35.9 Å². The van der Waals surface area contributed by atoms with Crippen LogP contribution in [0.2, 0.25) is 0 Å². The fraction of sp³-hybridized carbons (Fsp3) is 0.143. The maximum Gasteiger partial charge on any atom is -0.870 e. The minimum absolute atomic E-state index is 0. The summed E-state index contributed by atoms with van der Waals surface area (Å²) in [4.78, 5) is 0. The Balaban J connectivity index is 0. The Kier molecular flexibility index (Phi) is 7.55. The van der Waals surface area contributed by atoms with Gasteiger partial charge in [0.2, 0.25) is 0 Å². The van der Waals surface area contributed by atoms with Crippen LogP contribution in [-0.2, 0) is 6.32 Å². The molecule has 1 rings (SSSR count). The molecular weight excluding hydrogens is 127 g/mol. The summed E-state index contributed by atoms with van der Waals surface area (Å²) in [6.07, 6.45) is 0.640. The normalized spacial score (nSPS) is 7.40. The van der Waals surface area contributed by atoms with E-state index in [1.165, 1.54) is 5.56 Å². The molecule has 52 valence electrons. The maximum atomic E-state index is 5.35. The molecule has 0 unspecified atom stereocenters. The third-order valence-electron chi connectivity index (χ3n) is 1.08. The molecule has 2 N–H and O–H groups in total. The predicted octanol–water partition coefficient (Wildman–Crippen LogP) is 1.00. The van der Waals surface area contributed by atoms with E-state index in [1.54, 1.807) is 0 Å². The smallest absolute Gasteiger partial charge is 0.870 e. The first-order chi connectivity index (χ1) is 3.93. The van der Waals surface area contributed by atoms with Crippen molar-refractivity contribution in [2.45, 2.75) is 6.32 Å². The third-order valence-corrected chi connectivity index (χ3v) is 1.08. The molecule has 1 aromatic carbocycles. The first-order valence-corrected chi connectivity index (χ1v) is 2.67. The Bertz CT molecular complexity index is 153. The number of benzene rings is 1. The molecule has 0 saturated heterocycles. The van der Waals surface area contributed by atoms with Gasteiger partial charge in [0, 0.05) is 0 Å². The Labute approximate surface area is 61.9 Å². The van der Waals surface area contributed by atoms with Crippen LogP contribution in [0.15, 0.2) is 30.3 Å². The maximum absolute atomic E-state index is 5.35. The molecule has 0 aliphatic rings. The second-order valence-corrected chi connectivity index (χ2v) is 1.69. The van der Waals surface area contributed by atoms with Crippen molar-refractivity contribution in [1.82, 2.24) is 0 Å². The van der Waals surface area contributed by atoms with Crippen molar-refractivity contribution < 1.29 is 11.0 Å². The van der Waals surface area contributed by atoms with Gasteiger partial charge in [0.05, 0.1) is 0 Å². The van der Waals surface area contributed by atoms with E-state index < -0.39 is 0 Å². The van der Waals surface area contributed by atoms with Gasteiger partial charge in [0.15, 0.2) is 0 Å². The summed E-state index contributed by atoms with van der Waals surface area (Å²) >= 11 is 0. The van der Waals surface area contributed by atoms with Crippen LogP contribution < -0.4 is 0 Å². The minimum Gasteiger partial charge on any atom is -0.870 e. The molecule has 2 nitrogen and oxygen atoms in total. The molecule has 0 atom stereocenters. The monoisotopic (exact) mass is 136 g/mol. The second-order valence-electron chi connectivity index (χ2n) is 1.69. The van der Waals surface area contributed by atoms with Crippen molar-refractivity contribution in [3.63, 3.8) is 0 Å². The molecule has 0 heterocycles. The van der Waals surface area contributed by atoms with Crippen molar-refractivity contribution >= 4 is 7.85 Å². The van der Waals surface area contributed by atoms with E-state index >= 15 is 0 Å². The Morgan fingerprint density at radius 2 is 1.50 bits per heavy atom. The summed E-state index contributed by atoms with van der Waals surface area (Å²) in [5, 5.41) is 0. The van der Waals surface area contributed by atoms with Gasteiger partial charge in [-0.15, -0.1) is 0 Å². The largest absolute Gasteiger partial charge is 0.870 e. The van der Waals surface area contributed by atoms with E-state index in [-0.39, 0.29) is 11.0 Å². The van der Waals surface area contributed by atoms with Gasteiger partial charge in [-0.1, -0.05) is 0 Å². The van der Waals surface area contributed by atoms with E-state index in [0.29, 0.717) is 6.32 Å². The van der Waals surface area contributed by atoms with Crippen LogP contribution in [0.1, 0.15) is 5.56 Å². The Morgan fingerprint density at radius 1 is 1.00 bits per heavy atom. The fourth-order valence-corrected chi connectivity index (χ4v) is 0.614. The summed E-state index contributed by atoms with van der Waals surface area (Å²) in [6.45, 7) is 0. The van der Waals surface area contributed by atoms with Gasteiger partial charge in [-0.2, -0.15) is 0 Å². The molecule has 0 aliphatic carbocycles. The molecule has 0 spiro atoms. The van der Waals surface area contributed by atoms with Gasteiger partial charge in [-0.3, -0.25) is 0 Å². The van der Waals surface area contributed by atoms with E-state index in [1.807, 2.05) is 30.3 Å². The van der Waals surface area contributed by atoms with Crippen molar-refractivity contribution in [3.8, 4) is 0 Å². The van der Waals surface area contributed by atoms with Crippen LogP contribution in [0.5, 0.6) is 0 Å². The molecule has 0 saturated carbocycles. The molecule has 0 bridgehead atoms. The van der Waals surface area contributed by atoms with Crippen LogP contribution in [0.3, 0.4) is 0 Å². The van der Waals surface area contributed by atoms with E-state index in [4.69, 9.17) is 7.85 Å². The SMILES string of the molecule is [B+2]Cc1ccccc1.[OH-].[OH-]. The quantitative estimate of drug-likeness (QED) is 0.540. The standard InChI is InChI=1S/C7H7B.2H2O/c8-6-7-4-2-1-3-5-7;;/h1-5H,6H2;2*1H2/q+2;;/p-2. The van der Waals surface area contributed by atoms with Gasteiger partial charge in [-0.05, 0) is 0 Å². The van der Waals surface area contributed by atoms with E-state index in [9.17, 15) is 0 Å². The van der Waals surface area contributed by atoms with Crippen LogP contribution >= 0.6 is 0 Å². The molecule has 0 amide bonds. The molecule has 3 heteroatoms. The predicted molar refractivity (Wildman–Crippen MR) is 39.8 cm³/mol. The van der Waals surface area contributed by atoms with Gasteiger partial charge in [0.25, 0.3) is 0 Å². The minimum atomic E-state index is 0. The third kappa shape index (κ3) is 3.27. The van der Waals surface area contributed by atoms with Crippen molar-refractivity contribution in [2.24, 2.45) is 0 Å². The van der Waals surface area contributed by atoms with Gasteiger partial charge in [0.1, 0.15) is 0 Å². The molecule has 0 aliphatic heterocycles. The van der Waals surface area contributed by atoms with Gasteiger partial charge >= 0.3 is 50.1 Å². The summed E-state index contributed by atoms with van der Waals surface area (Å²) in [5.41, 5.74) is 1.19. The Hall–Kier alpha value is -0.795. The summed E-state index contributed by atoms with van der Waals surface area (Å²) in [6, 6.07) is 9.99. The fourth-order valence-electron chi connectivity index (χ4n) is 0.614. The molecule has 0 radical (unpaired) electrons. The second kappa shape index (κ2) is 6.33.